The summed E-state index contributed by atoms with van der Waals surface area (Å²) in [6.07, 6.45) is 2.41. The van der Waals surface area contributed by atoms with E-state index in [2.05, 4.69) is 6.58 Å². The number of hydrogen-bond donors (Lipinski definition) is 2. The minimum Gasteiger partial charge on any atom is -0.508 e. The molecule has 0 amide bonds. The van der Waals surface area contributed by atoms with Crippen LogP contribution in [-0.2, 0) is 30.2 Å². The number of halogens is 2. The zero-order valence-corrected chi connectivity index (χ0v) is 35.0. The molecule has 0 saturated heterocycles. The monoisotopic (exact) mass is 796 g/mol. The normalized spacial score (nSPS) is 20.1. The number of aliphatic hydroxyl groups is 2. The zero-order chi connectivity index (χ0) is 41.4. The van der Waals surface area contributed by atoms with Crippen LogP contribution in [0.25, 0.3) is 39.5 Å². The maximum absolute atomic E-state index is 13.5. The summed E-state index contributed by atoms with van der Waals surface area (Å²) >= 11 is 12.0. The first-order valence-electron chi connectivity index (χ1n) is 18.5. The van der Waals surface area contributed by atoms with Crippen LogP contribution in [0, 0.1) is 0 Å². The highest BCUT2D eigenvalue weighted by Crippen LogP contribution is 2.43. The molecule has 2 aliphatic rings. The van der Waals surface area contributed by atoms with Crippen molar-refractivity contribution in [2.24, 2.45) is 0 Å². The molecule has 1 atom stereocenters. The Labute approximate surface area is 340 Å². The van der Waals surface area contributed by atoms with Gasteiger partial charge in [0.1, 0.15) is 28.3 Å². The number of Topliss-reactive ketones (excluding diaryl/α,β-unsaturated/α-hetero) is 2. The van der Waals surface area contributed by atoms with Gasteiger partial charge in [-0.1, -0.05) is 91.3 Å². The standard InChI is InChI=1S/C24H27ClO4.C23H23ClO3/c1-6-15-7-8-17(16-9-11-18(25)12-10-16)13-19(15)20-21(26)23(2,3)29-24(4,14-28-5)22(20)27;1-6-14-7-8-16(15-9-11-17(24)12-10-15)13-18(14)19-20(25)22(2,3)27-23(4,5)21(19)26/h7-13,26H,6,14H2,1-5H3;6-13,25H,1H2,2-5H3. The predicted octanol–water partition coefficient (Wildman–Crippen LogP) is 11.7. The van der Waals surface area contributed by atoms with E-state index in [-0.39, 0.29) is 35.3 Å². The van der Waals surface area contributed by atoms with Crippen molar-refractivity contribution in [2.75, 3.05) is 13.7 Å². The van der Waals surface area contributed by atoms with Crippen LogP contribution in [0.4, 0.5) is 0 Å². The quantitative estimate of drug-likeness (QED) is 0.183. The van der Waals surface area contributed by atoms with Gasteiger partial charge in [0, 0.05) is 17.2 Å². The number of rotatable bonds is 8. The molecular formula is C47H50Cl2O7. The second kappa shape index (κ2) is 16.2. The lowest BCUT2D eigenvalue weighted by Crippen LogP contribution is -2.53. The zero-order valence-electron chi connectivity index (χ0n) is 33.5. The molecule has 4 aromatic carbocycles. The molecule has 56 heavy (non-hydrogen) atoms. The molecule has 4 aromatic rings. The van der Waals surface area contributed by atoms with Crippen LogP contribution in [0.5, 0.6) is 0 Å². The SMILES string of the molecule is C=Cc1ccc(-c2ccc(Cl)cc2)cc1C1=C(O)C(C)(C)OC(C)(C)C1=O.CCc1ccc(-c2ccc(Cl)cc2)cc1C1=C(O)C(C)(C)OC(C)(COC)C1=O. The second-order valence-corrected chi connectivity index (χ2v) is 16.6. The lowest BCUT2D eigenvalue weighted by atomic mass is 9.80. The molecular weight excluding hydrogens is 747 g/mol. The molecule has 0 bridgehead atoms. The van der Waals surface area contributed by atoms with Gasteiger partial charge in [-0.2, -0.15) is 0 Å². The third-order valence-electron chi connectivity index (χ3n) is 10.2. The Bertz CT molecular complexity index is 2230. The maximum Gasteiger partial charge on any atom is 0.200 e. The van der Waals surface area contributed by atoms with Gasteiger partial charge < -0.3 is 24.4 Å². The number of carbonyl (C=O) groups excluding carboxylic acids is 2. The molecule has 0 aliphatic carbocycles. The van der Waals surface area contributed by atoms with Crippen molar-refractivity contribution in [1.29, 1.82) is 0 Å². The molecule has 0 fully saturated rings. The molecule has 2 heterocycles. The van der Waals surface area contributed by atoms with Crippen LogP contribution in [0.15, 0.2) is 103 Å². The van der Waals surface area contributed by atoms with Crippen molar-refractivity contribution >= 4 is 52.0 Å². The van der Waals surface area contributed by atoms with E-state index in [9.17, 15) is 19.8 Å². The second-order valence-electron chi connectivity index (χ2n) is 15.7. The molecule has 0 aromatic heterocycles. The van der Waals surface area contributed by atoms with Gasteiger partial charge in [-0.15, -0.1) is 0 Å². The third-order valence-corrected chi connectivity index (χ3v) is 10.7. The predicted molar refractivity (Wildman–Crippen MR) is 227 cm³/mol. The maximum atomic E-state index is 13.5. The minimum absolute atomic E-state index is 0.0564. The van der Waals surface area contributed by atoms with Crippen LogP contribution in [-0.4, -0.2) is 57.9 Å². The Morgan fingerprint density at radius 3 is 1.57 bits per heavy atom. The average Bonchev–Trinajstić information content (AvgIpc) is 3.14. The number of carbonyl (C=O) groups is 2. The number of ketones is 2. The highest BCUT2D eigenvalue weighted by molar-refractivity contribution is 6.31. The Morgan fingerprint density at radius 2 is 1.09 bits per heavy atom. The smallest absolute Gasteiger partial charge is 0.200 e. The number of hydrogen-bond acceptors (Lipinski definition) is 7. The van der Waals surface area contributed by atoms with Gasteiger partial charge in [0.25, 0.3) is 0 Å². The van der Waals surface area contributed by atoms with Gasteiger partial charge >= 0.3 is 0 Å². The van der Waals surface area contributed by atoms with Crippen molar-refractivity contribution in [2.45, 2.75) is 84.2 Å². The number of ether oxygens (including phenoxy) is 3. The fourth-order valence-corrected chi connectivity index (χ4v) is 7.61. The Balaban J connectivity index is 0.000000215. The summed E-state index contributed by atoms with van der Waals surface area (Å²) in [6.45, 7) is 18.2. The first kappa shape index (κ1) is 42.6. The molecule has 0 radical (unpaired) electrons. The van der Waals surface area contributed by atoms with Gasteiger partial charge in [0.2, 0.25) is 5.78 Å². The van der Waals surface area contributed by atoms with Crippen LogP contribution >= 0.6 is 23.2 Å². The number of methoxy groups -OCH3 is 1. The van der Waals surface area contributed by atoms with Crippen LogP contribution in [0.3, 0.4) is 0 Å². The van der Waals surface area contributed by atoms with Gasteiger partial charge in [-0.3, -0.25) is 9.59 Å². The van der Waals surface area contributed by atoms with E-state index < -0.39 is 22.4 Å². The largest absolute Gasteiger partial charge is 0.508 e. The molecule has 0 spiro atoms. The fourth-order valence-electron chi connectivity index (χ4n) is 7.36. The van der Waals surface area contributed by atoms with Gasteiger partial charge in [-0.05, 0) is 136 Å². The lowest BCUT2D eigenvalue weighted by molar-refractivity contribution is -0.173. The van der Waals surface area contributed by atoms with Crippen LogP contribution < -0.4 is 0 Å². The summed E-state index contributed by atoms with van der Waals surface area (Å²) < 4.78 is 17.1. The van der Waals surface area contributed by atoms with Gasteiger partial charge in [-0.25, -0.2) is 0 Å². The summed E-state index contributed by atoms with van der Waals surface area (Å²) in [7, 11) is 1.53. The summed E-state index contributed by atoms with van der Waals surface area (Å²) in [4.78, 5) is 26.6. The fraction of sp³-hybridized carbons (Fsp3) is 0.319. The molecule has 0 saturated carbocycles. The van der Waals surface area contributed by atoms with E-state index in [1.165, 1.54) is 7.11 Å². The molecule has 2 aliphatic heterocycles. The van der Waals surface area contributed by atoms with Crippen molar-refractivity contribution < 1.29 is 34.0 Å². The Kier molecular flexibility index (Phi) is 12.3. The van der Waals surface area contributed by atoms with E-state index >= 15 is 0 Å². The van der Waals surface area contributed by atoms with Gasteiger partial charge in [0.15, 0.2) is 11.4 Å². The lowest BCUT2D eigenvalue weighted by Gasteiger charge is -2.42. The summed E-state index contributed by atoms with van der Waals surface area (Å²) in [5, 5.41) is 23.2. The third kappa shape index (κ3) is 8.43. The molecule has 294 valence electrons. The molecule has 9 heteroatoms. The molecule has 6 rings (SSSR count). The number of aliphatic hydroxyl groups excluding tert-OH is 2. The topological polar surface area (TPSA) is 102 Å². The van der Waals surface area contributed by atoms with E-state index in [0.29, 0.717) is 21.2 Å². The van der Waals surface area contributed by atoms with Crippen molar-refractivity contribution in [3.8, 4) is 22.3 Å². The van der Waals surface area contributed by atoms with E-state index in [1.54, 1.807) is 54.5 Å². The van der Waals surface area contributed by atoms with Crippen LogP contribution in [0.2, 0.25) is 10.0 Å². The van der Waals surface area contributed by atoms with Crippen molar-refractivity contribution in [3.05, 3.63) is 135 Å². The highest BCUT2D eigenvalue weighted by Gasteiger charge is 2.50. The number of benzene rings is 4. The Morgan fingerprint density at radius 1 is 0.643 bits per heavy atom. The van der Waals surface area contributed by atoms with Gasteiger partial charge in [0.05, 0.1) is 17.8 Å². The van der Waals surface area contributed by atoms with E-state index in [0.717, 1.165) is 45.4 Å². The first-order valence-corrected chi connectivity index (χ1v) is 19.2. The number of aryl methyl sites for hydroxylation is 1. The van der Waals surface area contributed by atoms with E-state index in [4.69, 9.17) is 37.4 Å². The van der Waals surface area contributed by atoms with Crippen LogP contribution in [0.1, 0.15) is 77.6 Å². The summed E-state index contributed by atoms with van der Waals surface area (Å²) in [6, 6.07) is 26.8. The molecule has 7 nitrogen and oxygen atoms in total. The first-order chi connectivity index (χ1) is 26.2. The molecule has 2 N–H and O–H groups in total. The average molecular weight is 798 g/mol. The Hall–Kier alpha value is -4.50. The van der Waals surface area contributed by atoms with Crippen molar-refractivity contribution in [1.82, 2.24) is 0 Å². The summed E-state index contributed by atoms with van der Waals surface area (Å²) in [5.74, 6) is -0.656. The van der Waals surface area contributed by atoms with Crippen molar-refractivity contribution in [3.63, 3.8) is 0 Å². The summed E-state index contributed by atoms with van der Waals surface area (Å²) in [5.41, 5.74) is 3.31. The molecule has 1 unspecified atom stereocenters. The highest BCUT2D eigenvalue weighted by atomic mass is 35.5. The van der Waals surface area contributed by atoms with E-state index in [1.807, 2.05) is 91.9 Å². The minimum atomic E-state index is -1.18.